The maximum atomic E-state index is 13.3. The van der Waals surface area contributed by atoms with E-state index in [2.05, 4.69) is 21.2 Å². The molecule has 2 aromatic rings. The Kier molecular flexibility index (Phi) is 4.29. The second kappa shape index (κ2) is 5.96. The first-order chi connectivity index (χ1) is 9.45. The minimum atomic E-state index is -0.682. The number of halogens is 3. The SMILES string of the molecule is O=[N+]([O-])c1cc(F)cc(CNc2ccc(Br)c(F)c2)c1. The average molecular weight is 343 g/mol. The molecule has 0 amide bonds. The van der Waals surface area contributed by atoms with Gasteiger partial charge in [-0.15, -0.1) is 0 Å². The van der Waals surface area contributed by atoms with Gasteiger partial charge in [-0.25, -0.2) is 8.78 Å². The molecule has 0 atom stereocenters. The lowest BCUT2D eigenvalue weighted by Crippen LogP contribution is -2.01. The van der Waals surface area contributed by atoms with Crippen LogP contribution in [0.2, 0.25) is 0 Å². The molecule has 2 aromatic carbocycles. The maximum Gasteiger partial charge on any atom is 0.272 e. The first kappa shape index (κ1) is 14.4. The number of benzene rings is 2. The van der Waals surface area contributed by atoms with Crippen molar-refractivity contribution >= 4 is 27.3 Å². The summed E-state index contributed by atoms with van der Waals surface area (Å²) in [4.78, 5) is 9.96. The van der Waals surface area contributed by atoms with Crippen LogP contribution in [0.3, 0.4) is 0 Å². The van der Waals surface area contributed by atoms with Gasteiger partial charge in [0.2, 0.25) is 0 Å². The molecule has 0 aliphatic heterocycles. The number of nitro groups is 1. The molecule has 0 spiro atoms. The number of hydrogen-bond donors (Lipinski definition) is 1. The summed E-state index contributed by atoms with van der Waals surface area (Å²) in [6.45, 7) is 0.152. The summed E-state index contributed by atoms with van der Waals surface area (Å²) in [6, 6.07) is 7.76. The van der Waals surface area contributed by atoms with Crippen LogP contribution in [0.25, 0.3) is 0 Å². The molecule has 0 fully saturated rings. The van der Waals surface area contributed by atoms with E-state index < -0.39 is 16.6 Å². The predicted octanol–water partition coefficient (Wildman–Crippen LogP) is 4.25. The predicted molar refractivity (Wildman–Crippen MR) is 74.5 cm³/mol. The van der Waals surface area contributed by atoms with E-state index in [1.165, 1.54) is 24.3 Å². The van der Waals surface area contributed by atoms with E-state index in [4.69, 9.17) is 0 Å². The third-order valence-corrected chi connectivity index (χ3v) is 3.21. The standard InChI is InChI=1S/C13H9BrF2N2O2/c14-12-2-1-10(6-13(12)16)17-7-8-3-9(15)5-11(4-8)18(19)20/h1-6,17H,7H2. The second-order valence-corrected chi connectivity index (χ2v) is 4.91. The molecule has 4 nitrogen and oxygen atoms in total. The maximum absolute atomic E-state index is 13.3. The molecule has 0 bridgehead atoms. The fraction of sp³-hybridized carbons (Fsp3) is 0.0769. The zero-order valence-electron chi connectivity index (χ0n) is 10.1. The summed E-state index contributed by atoms with van der Waals surface area (Å²) in [5.41, 5.74) is 0.585. The van der Waals surface area contributed by atoms with Crippen LogP contribution in [0, 0.1) is 21.7 Å². The highest BCUT2D eigenvalue weighted by atomic mass is 79.9. The van der Waals surface area contributed by atoms with Crippen LogP contribution in [0.15, 0.2) is 40.9 Å². The van der Waals surface area contributed by atoms with Gasteiger partial charge in [0.15, 0.2) is 0 Å². The highest BCUT2D eigenvalue weighted by molar-refractivity contribution is 9.10. The second-order valence-electron chi connectivity index (χ2n) is 4.06. The summed E-state index contributed by atoms with van der Waals surface area (Å²) in [5.74, 6) is -1.11. The fourth-order valence-electron chi connectivity index (χ4n) is 1.65. The zero-order valence-corrected chi connectivity index (χ0v) is 11.7. The molecule has 0 aliphatic rings. The summed E-state index contributed by atoms with van der Waals surface area (Å²) in [7, 11) is 0. The Bertz CT molecular complexity index is 665. The molecule has 0 saturated heterocycles. The summed E-state index contributed by atoms with van der Waals surface area (Å²) >= 11 is 3.03. The fourth-order valence-corrected chi connectivity index (χ4v) is 1.90. The lowest BCUT2D eigenvalue weighted by atomic mass is 10.2. The molecule has 0 aliphatic carbocycles. The first-order valence-corrected chi connectivity index (χ1v) is 6.38. The van der Waals surface area contributed by atoms with Crippen molar-refractivity contribution in [2.75, 3.05) is 5.32 Å². The van der Waals surface area contributed by atoms with E-state index in [0.717, 1.165) is 6.07 Å². The van der Waals surface area contributed by atoms with E-state index in [1.54, 1.807) is 6.07 Å². The molecule has 20 heavy (non-hydrogen) atoms. The van der Waals surface area contributed by atoms with Crippen LogP contribution < -0.4 is 5.32 Å². The smallest absolute Gasteiger partial charge is 0.272 e. The molecular weight excluding hydrogens is 334 g/mol. The summed E-state index contributed by atoms with van der Waals surface area (Å²) in [5, 5.41) is 13.5. The van der Waals surface area contributed by atoms with Crippen LogP contribution in [0.4, 0.5) is 20.2 Å². The Morgan fingerprint density at radius 3 is 2.60 bits per heavy atom. The van der Waals surface area contributed by atoms with Crippen LogP contribution >= 0.6 is 15.9 Å². The lowest BCUT2D eigenvalue weighted by Gasteiger charge is -2.07. The first-order valence-electron chi connectivity index (χ1n) is 5.58. The molecule has 0 aromatic heterocycles. The van der Waals surface area contributed by atoms with E-state index in [1.807, 2.05) is 0 Å². The highest BCUT2D eigenvalue weighted by Crippen LogP contribution is 2.21. The van der Waals surface area contributed by atoms with Crippen LogP contribution in [-0.2, 0) is 6.54 Å². The number of rotatable bonds is 4. The van der Waals surface area contributed by atoms with E-state index in [0.29, 0.717) is 15.7 Å². The van der Waals surface area contributed by atoms with Gasteiger partial charge in [-0.2, -0.15) is 0 Å². The summed E-state index contributed by atoms with van der Waals surface area (Å²) < 4.78 is 26.9. The average Bonchev–Trinajstić information content (AvgIpc) is 2.39. The van der Waals surface area contributed by atoms with E-state index in [9.17, 15) is 18.9 Å². The van der Waals surface area contributed by atoms with Crippen molar-refractivity contribution in [1.82, 2.24) is 0 Å². The zero-order chi connectivity index (χ0) is 14.7. The van der Waals surface area contributed by atoms with Crippen molar-refractivity contribution in [3.8, 4) is 0 Å². The number of nitrogens with one attached hydrogen (secondary N) is 1. The van der Waals surface area contributed by atoms with Crippen LogP contribution in [0.1, 0.15) is 5.56 Å². The molecule has 0 unspecified atom stereocenters. The molecule has 0 saturated carbocycles. The molecule has 104 valence electrons. The van der Waals surface area contributed by atoms with Gasteiger partial charge in [0, 0.05) is 18.3 Å². The molecule has 0 radical (unpaired) electrons. The van der Waals surface area contributed by atoms with Crippen molar-refractivity contribution in [2.45, 2.75) is 6.54 Å². The van der Waals surface area contributed by atoms with E-state index >= 15 is 0 Å². The van der Waals surface area contributed by atoms with Crippen molar-refractivity contribution < 1.29 is 13.7 Å². The third-order valence-electron chi connectivity index (χ3n) is 2.57. The third kappa shape index (κ3) is 3.51. The monoisotopic (exact) mass is 342 g/mol. The summed E-state index contributed by atoms with van der Waals surface area (Å²) in [6.07, 6.45) is 0. The Morgan fingerprint density at radius 1 is 1.20 bits per heavy atom. The number of anilines is 1. The Labute approximate surface area is 121 Å². The quantitative estimate of drug-likeness (QED) is 0.667. The van der Waals surface area contributed by atoms with Gasteiger partial charge < -0.3 is 5.32 Å². The minimum Gasteiger partial charge on any atom is -0.381 e. The van der Waals surface area contributed by atoms with Crippen molar-refractivity contribution in [3.05, 3.63) is 68.2 Å². The Balaban J connectivity index is 2.14. The van der Waals surface area contributed by atoms with Gasteiger partial charge >= 0.3 is 0 Å². The molecule has 2 rings (SSSR count). The van der Waals surface area contributed by atoms with Crippen LogP contribution in [0.5, 0.6) is 0 Å². The van der Waals surface area contributed by atoms with Gasteiger partial charge in [0.1, 0.15) is 11.6 Å². The molecular formula is C13H9BrF2N2O2. The largest absolute Gasteiger partial charge is 0.381 e. The van der Waals surface area contributed by atoms with Gasteiger partial charge in [0.25, 0.3) is 5.69 Å². The lowest BCUT2D eigenvalue weighted by molar-refractivity contribution is -0.385. The normalized spacial score (nSPS) is 10.3. The Morgan fingerprint density at radius 2 is 1.95 bits per heavy atom. The van der Waals surface area contributed by atoms with Gasteiger partial charge in [-0.05, 0) is 45.8 Å². The number of nitrogens with zero attached hydrogens (tertiary/aromatic N) is 1. The topological polar surface area (TPSA) is 55.2 Å². The Hall–Kier alpha value is -2.02. The molecule has 7 heteroatoms. The van der Waals surface area contributed by atoms with Gasteiger partial charge in [-0.1, -0.05) is 0 Å². The minimum absolute atomic E-state index is 0.152. The van der Waals surface area contributed by atoms with E-state index in [-0.39, 0.29) is 12.2 Å². The van der Waals surface area contributed by atoms with Crippen molar-refractivity contribution in [2.24, 2.45) is 0 Å². The number of nitro benzene ring substituents is 1. The molecule has 1 N–H and O–H groups in total. The highest BCUT2D eigenvalue weighted by Gasteiger charge is 2.09. The number of non-ortho nitro benzene ring substituents is 1. The number of hydrogen-bond acceptors (Lipinski definition) is 3. The van der Waals surface area contributed by atoms with Crippen molar-refractivity contribution in [3.63, 3.8) is 0 Å². The molecule has 0 heterocycles. The van der Waals surface area contributed by atoms with Crippen molar-refractivity contribution in [1.29, 1.82) is 0 Å². The van der Waals surface area contributed by atoms with Gasteiger partial charge in [0.05, 0.1) is 15.5 Å². The van der Waals surface area contributed by atoms with Gasteiger partial charge in [-0.3, -0.25) is 10.1 Å². The van der Waals surface area contributed by atoms with Crippen LogP contribution in [-0.4, -0.2) is 4.92 Å².